The molecule has 0 radical (unpaired) electrons. The molecule has 0 aliphatic rings. The maximum Gasteiger partial charge on any atom is 0.241 e. The van der Waals surface area contributed by atoms with E-state index in [0.717, 1.165) is 5.56 Å². The van der Waals surface area contributed by atoms with Crippen molar-refractivity contribution in [3.05, 3.63) is 29.8 Å². The Hall–Kier alpha value is -1.24. The molecule has 1 amide bonds. The Bertz CT molecular complexity index is 492. The number of methoxy groups -OCH3 is 1. The van der Waals surface area contributed by atoms with Crippen molar-refractivity contribution in [2.75, 3.05) is 24.8 Å². The van der Waals surface area contributed by atoms with Crippen molar-refractivity contribution < 1.29 is 13.7 Å². The lowest BCUT2D eigenvalue weighted by molar-refractivity contribution is -0.118. The number of nitrogens with one attached hydrogen (secondary N) is 1. The Labute approximate surface area is 128 Å². The molecule has 0 bridgehead atoms. The lowest BCUT2D eigenvalue weighted by atomic mass is 10.0. The first-order chi connectivity index (χ1) is 9.93. The monoisotopic (exact) mass is 312 g/mol. The minimum Gasteiger partial charge on any atom is -0.384 e. The fraction of sp³-hybridized carbons (Fsp3) is 0.533. The quantitative estimate of drug-likeness (QED) is 0.762. The second kappa shape index (κ2) is 8.92. The summed E-state index contributed by atoms with van der Waals surface area (Å²) < 4.78 is 16.7. The lowest BCUT2D eigenvalue weighted by Crippen LogP contribution is -2.39. The van der Waals surface area contributed by atoms with E-state index in [4.69, 9.17) is 10.5 Å². The highest BCUT2D eigenvalue weighted by atomic mass is 32.2. The number of rotatable bonds is 8. The number of ether oxygens (including phenoxy) is 1. The first-order valence-corrected chi connectivity index (χ1v) is 8.42. The number of anilines is 1. The zero-order chi connectivity index (χ0) is 15.8. The second-order valence-corrected chi connectivity index (χ2v) is 6.82. The smallest absolute Gasteiger partial charge is 0.241 e. The predicted octanol–water partition coefficient (Wildman–Crippen LogP) is 1.50. The van der Waals surface area contributed by atoms with Gasteiger partial charge in [-0.15, -0.1) is 0 Å². The molecule has 0 aromatic heterocycles. The van der Waals surface area contributed by atoms with E-state index in [-0.39, 0.29) is 11.8 Å². The van der Waals surface area contributed by atoms with Crippen LogP contribution in [0.2, 0.25) is 0 Å². The van der Waals surface area contributed by atoms with Crippen molar-refractivity contribution in [1.29, 1.82) is 0 Å². The number of carbonyl (C=O) groups is 1. The SMILES string of the molecule is COCCS(=O)Cc1cccc(NC(=O)[C@@H](N)C(C)C)c1. The third kappa shape index (κ3) is 6.37. The van der Waals surface area contributed by atoms with Crippen molar-refractivity contribution in [2.24, 2.45) is 11.7 Å². The molecule has 0 heterocycles. The van der Waals surface area contributed by atoms with Crippen molar-refractivity contribution in [3.63, 3.8) is 0 Å². The molecule has 1 aromatic rings. The van der Waals surface area contributed by atoms with E-state index in [1.54, 1.807) is 13.2 Å². The average molecular weight is 312 g/mol. The summed E-state index contributed by atoms with van der Waals surface area (Å²) in [5.74, 6) is 0.826. The summed E-state index contributed by atoms with van der Waals surface area (Å²) in [6.45, 7) is 4.28. The molecule has 0 aliphatic carbocycles. The molecule has 0 saturated carbocycles. The van der Waals surface area contributed by atoms with Gasteiger partial charge in [-0.25, -0.2) is 0 Å². The number of nitrogens with two attached hydrogens (primary N) is 1. The third-order valence-electron chi connectivity index (χ3n) is 3.06. The van der Waals surface area contributed by atoms with Gasteiger partial charge in [0.05, 0.1) is 12.6 Å². The molecule has 2 atom stereocenters. The highest BCUT2D eigenvalue weighted by Gasteiger charge is 2.17. The molecule has 0 spiro atoms. The van der Waals surface area contributed by atoms with Gasteiger partial charge in [0.1, 0.15) is 0 Å². The van der Waals surface area contributed by atoms with Gasteiger partial charge in [-0.1, -0.05) is 26.0 Å². The van der Waals surface area contributed by atoms with Gasteiger partial charge in [0, 0.05) is 35.1 Å². The number of benzene rings is 1. The summed E-state index contributed by atoms with van der Waals surface area (Å²) in [6.07, 6.45) is 0. The molecule has 0 fully saturated rings. The molecule has 21 heavy (non-hydrogen) atoms. The Morgan fingerprint density at radius 2 is 2.14 bits per heavy atom. The molecular formula is C15H24N2O3S. The average Bonchev–Trinajstić information content (AvgIpc) is 2.44. The topological polar surface area (TPSA) is 81.4 Å². The normalized spacial score (nSPS) is 14.0. The van der Waals surface area contributed by atoms with Gasteiger partial charge in [-0.3, -0.25) is 9.00 Å². The van der Waals surface area contributed by atoms with E-state index in [9.17, 15) is 9.00 Å². The van der Waals surface area contributed by atoms with Crippen LogP contribution >= 0.6 is 0 Å². The van der Waals surface area contributed by atoms with Crippen LogP contribution < -0.4 is 11.1 Å². The molecule has 6 heteroatoms. The van der Waals surface area contributed by atoms with E-state index < -0.39 is 16.8 Å². The fourth-order valence-corrected chi connectivity index (χ4v) is 2.75. The van der Waals surface area contributed by atoms with Gasteiger partial charge in [-0.2, -0.15) is 0 Å². The van der Waals surface area contributed by atoms with Gasteiger partial charge in [-0.05, 0) is 23.6 Å². The maximum absolute atomic E-state index is 11.9. The molecule has 1 rings (SSSR count). The maximum atomic E-state index is 11.9. The van der Waals surface area contributed by atoms with Crippen molar-refractivity contribution in [2.45, 2.75) is 25.6 Å². The highest BCUT2D eigenvalue weighted by Crippen LogP contribution is 2.13. The van der Waals surface area contributed by atoms with Crippen LogP contribution in [0.3, 0.4) is 0 Å². The Kier molecular flexibility index (Phi) is 7.56. The number of hydrogen-bond acceptors (Lipinski definition) is 4. The van der Waals surface area contributed by atoms with Gasteiger partial charge >= 0.3 is 0 Å². The third-order valence-corrected chi connectivity index (χ3v) is 4.34. The van der Waals surface area contributed by atoms with Crippen LogP contribution in [0.4, 0.5) is 5.69 Å². The van der Waals surface area contributed by atoms with Crippen LogP contribution in [0.25, 0.3) is 0 Å². The van der Waals surface area contributed by atoms with E-state index >= 15 is 0 Å². The molecule has 0 aliphatic heterocycles. The molecule has 3 N–H and O–H groups in total. The minimum atomic E-state index is -0.970. The van der Waals surface area contributed by atoms with E-state index in [2.05, 4.69) is 5.32 Å². The zero-order valence-electron chi connectivity index (χ0n) is 12.8. The van der Waals surface area contributed by atoms with Crippen LogP contribution in [-0.2, 0) is 26.1 Å². The lowest BCUT2D eigenvalue weighted by Gasteiger charge is -2.15. The summed E-state index contributed by atoms with van der Waals surface area (Å²) in [5.41, 5.74) is 7.40. The van der Waals surface area contributed by atoms with Crippen molar-refractivity contribution in [3.8, 4) is 0 Å². The van der Waals surface area contributed by atoms with Gasteiger partial charge in [0.25, 0.3) is 0 Å². The first kappa shape index (κ1) is 17.8. The summed E-state index contributed by atoms with van der Waals surface area (Å²) in [5, 5.41) is 2.79. The number of hydrogen-bond donors (Lipinski definition) is 2. The molecule has 1 unspecified atom stereocenters. The molecule has 5 nitrogen and oxygen atoms in total. The van der Waals surface area contributed by atoms with Gasteiger partial charge in [0.2, 0.25) is 5.91 Å². The highest BCUT2D eigenvalue weighted by molar-refractivity contribution is 7.84. The van der Waals surface area contributed by atoms with Crippen LogP contribution in [-0.4, -0.2) is 35.6 Å². The Morgan fingerprint density at radius 3 is 2.76 bits per heavy atom. The van der Waals surface area contributed by atoms with Crippen molar-refractivity contribution >= 4 is 22.4 Å². The predicted molar refractivity (Wildman–Crippen MR) is 86.5 cm³/mol. The first-order valence-electron chi connectivity index (χ1n) is 6.93. The second-order valence-electron chi connectivity index (χ2n) is 5.24. The van der Waals surface area contributed by atoms with Crippen molar-refractivity contribution in [1.82, 2.24) is 0 Å². The summed E-state index contributed by atoms with van der Waals surface area (Å²) in [6, 6.07) is 6.81. The largest absolute Gasteiger partial charge is 0.384 e. The molecule has 1 aromatic carbocycles. The Morgan fingerprint density at radius 1 is 1.43 bits per heavy atom. The minimum absolute atomic E-state index is 0.0785. The Balaban J connectivity index is 2.64. The van der Waals surface area contributed by atoms with E-state index in [0.29, 0.717) is 23.8 Å². The van der Waals surface area contributed by atoms with Crippen LogP contribution in [0.15, 0.2) is 24.3 Å². The van der Waals surface area contributed by atoms with Crippen LogP contribution in [0, 0.1) is 5.92 Å². The van der Waals surface area contributed by atoms with E-state index in [1.165, 1.54) is 0 Å². The fourth-order valence-electron chi connectivity index (χ4n) is 1.70. The van der Waals surface area contributed by atoms with E-state index in [1.807, 2.05) is 32.0 Å². The molecule has 0 saturated heterocycles. The summed E-state index contributed by atoms with van der Waals surface area (Å²) in [7, 11) is 0.618. The molecular weight excluding hydrogens is 288 g/mol. The molecule has 118 valence electrons. The number of carbonyl (C=O) groups excluding carboxylic acids is 1. The van der Waals surface area contributed by atoms with Gasteiger partial charge < -0.3 is 15.8 Å². The summed E-state index contributed by atoms with van der Waals surface area (Å²) in [4.78, 5) is 11.9. The zero-order valence-corrected chi connectivity index (χ0v) is 13.6. The number of amides is 1. The van der Waals surface area contributed by atoms with Gasteiger partial charge in [0.15, 0.2) is 0 Å². The summed E-state index contributed by atoms with van der Waals surface area (Å²) >= 11 is 0. The van der Waals surface area contributed by atoms with Crippen LogP contribution in [0.1, 0.15) is 19.4 Å². The standard InChI is InChI=1S/C15H24N2O3S/c1-11(2)14(16)15(18)17-13-6-4-5-12(9-13)10-21(19)8-7-20-3/h4-6,9,11,14H,7-8,10,16H2,1-3H3,(H,17,18)/t14-,21?/m0/s1. The van der Waals surface area contributed by atoms with Crippen LogP contribution in [0.5, 0.6) is 0 Å².